The van der Waals surface area contributed by atoms with Crippen molar-refractivity contribution >= 4 is 21.6 Å². The fourth-order valence-electron chi connectivity index (χ4n) is 4.74. The number of ether oxygens (including phenoxy) is 1. The van der Waals surface area contributed by atoms with Crippen LogP contribution in [-0.4, -0.2) is 63.4 Å². The first-order valence-corrected chi connectivity index (χ1v) is 13.2. The number of methoxy groups -OCH3 is 1. The van der Waals surface area contributed by atoms with E-state index >= 15 is 0 Å². The maximum atomic E-state index is 13.1. The van der Waals surface area contributed by atoms with E-state index in [1.807, 2.05) is 24.3 Å². The van der Waals surface area contributed by atoms with Crippen molar-refractivity contribution in [3.05, 3.63) is 89.5 Å². The third kappa shape index (κ3) is 4.76. The highest BCUT2D eigenvalue weighted by molar-refractivity contribution is 7.89. The summed E-state index contributed by atoms with van der Waals surface area (Å²) in [5, 5.41) is 0. The second kappa shape index (κ2) is 9.71. The van der Waals surface area contributed by atoms with Crippen molar-refractivity contribution in [1.82, 2.24) is 9.21 Å². The van der Waals surface area contributed by atoms with Crippen molar-refractivity contribution in [2.24, 2.45) is 0 Å². The van der Waals surface area contributed by atoms with Gasteiger partial charge in [0.05, 0.1) is 12.0 Å². The maximum absolute atomic E-state index is 13.1. The zero-order chi connectivity index (χ0) is 24.4. The Morgan fingerprint density at radius 3 is 2.11 bits per heavy atom. The molecule has 1 fully saturated rings. The summed E-state index contributed by atoms with van der Waals surface area (Å²) in [6.45, 7) is 3.08. The third-order valence-electron chi connectivity index (χ3n) is 6.83. The standard InChI is InChI=1S/C27H29N3O4S/c1-34-25-10-12-26(13-11-25)35(32,33)30-18-16-28(17-19-30)27(31)22-6-8-24(9-7-22)29-15-14-21-4-2-3-5-23(21)20-29/h2-13H,14-20H2,1H3. The van der Waals surface area contributed by atoms with Gasteiger partial charge in [-0.05, 0) is 66.1 Å². The molecule has 0 atom stereocenters. The summed E-state index contributed by atoms with van der Waals surface area (Å²) in [4.78, 5) is 17.4. The van der Waals surface area contributed by atoms with Crippen molar-refractivity contribution in [2.45, 2.75) is 17.9 Å². The van der Waals surface area contributed by atoms with Gasteiger partial charge in [-0.2, -0.15) is 4.31 Å². The molecule has 2 aliphatic heterocycles. The highest BCUT2D eigenvalue weighted by Gasteiger charge is 2.30. The zero-order valence-corrected chi connectivity index (χ0v) is 20.6. The van der Waals surface area contributed by atoms with Crippen LogP contribution < -0.4 is 9.64 Å². The lowest BCUT2D eigenvalue weighted by atomic mass is 9.99. The van der Waals surface area contributed by atoms with Gasteiger partial charge < -0.3 is 14.5 Å². The molecule has 2 heterocycles. The SMILES string of the molecule is COc1ccc(S(=O)(=O)N2CCN(C(=O)c3ccc(N4CCc5ccccc5C4)cc3)CC2)cc1. The summed E-state index contributed by atoms with van der Waals surface area (Å²) in [5.41, 5.74) is 4.48. The van der Waals surface area contributed by atoms with Gasteiger partial charge in [-0.3, -0.25) is 4.79 Å². The summed E-state index contributed by atoms with van der Waals surface area (Å²) in [6.07, 6.45) is 1.01. The fraction of sp³-hybridized carbons (Fsp3) is 0.296. The molecule has 8 heteroatoms. The van der Waals surface area contributed by atoms with Crippen LogP contribution in [0.15, 0.2) is 77.7 Å². The van der Waals surface area contributed by atoms with E-state index in [0.29, 0.717) is 24.4 Å². The number of anilines is 1. The van der Waals surface area contributed by atoms with E-state index < -0.39 is 10.0 Å². The quantitative estimate of drug-likeness (QED) is 0.547. The minimum atomic E-state index is -3.61. The van der Waals surface area contributed by atoms with Gasteiger partial charge in [-0.15, -0.1) is 0 Å². The van der Waals surface area contributed by atoms with Crippen molar-refractivity contribution in [1.29, 1.82) is 0 Å². The van der Waals surface area contributed by atoms with E-state index in [-0.39, 0.29) is 23.9 Å². The molecule has 5 rings (SSSR count). The number of amides is 1. The Kier molecular flexibility index (Phi) is 6.49. The van der Waals surface area contributed by atoms with Crippen LogP contribution in [0.2, 0.25) is 0 Å². The third-order valence-corrected chi connectivity index (χ3v) is 8.75. The number of sulfonamides is 1. The highest BCUT2D eigenvalue weighted by atomic mass is 32.2. The van der Waals surface area contributed by atoms with Gasteiger partial charge in [-0.25, -0.2) is 8.42 Å². The van der Waals surface area contributed by atoms with Gasteiger partial charge in [0, 0.05) is 50.5 Å². The number of carbonyl (C=O) groups is 1. The van der Waals surface area contributed by atoms with Crippen molar-refractivity contribution in [3.8, 4) is 5.75 Å². The minimum absolute atomic E-state index is 0.0676. The minimum Gasteiger partial charge on any atom is -0.497 e. The monoisotopic (exact) mass is 491 g/mol. The maximum Gasteiger partial charge on any atom is 0.253 e. The molecule has 35 heavy (non-hydrogen) atoms. The Morgan fingerprint density at radius 1 is 0.800 bits per heavy atom. The average molecular weight is 492 g/mol. The molecule has 0 unspecified atom stereocenters. The number of piperazine rings is 1. The van der Waals surface area contributed by atoms with Gasteiger partial charge in [0.1, 0.15) is 5.75 Å². The lowest BCUT2D eigenvalue weighted by molar-refractivity contribution is 0.0698. The molecule has 0 aliphatic carbocycles. The molecule has 0 aromatic heterocycles. The number of fused-ring (bicyclic) bond motifs is 1. The smallest absolute Gasteiger partial charge is 0.253 e. The molecule has 1 saturated heterocycles. The molecule has 7 nitrogen and oxygen atoms in total. The first-order valence-electron chi connectivity index (χ1n) is 11.8. The van der Waals surface area contributed by atoms with E-state index in [1.165, 1.54) is 15.4 Å². The summed E-state index contributed by atoms with van der Waals surface area (Å²) >= 11 is 0. The predicted molar refractivity (Wildman–Crippen MR) is 135 cm³/mol. The summed E-state index contributed by atoms with van der Waals surface area (Å²) < 4.78 is 32.5. The van der Waals surface area contributed by atoms with Gasteiger partial charge in [0.15, 0.2) is 0 Å². The predicted octanol–water partition coefficient (Wildman–Crippen LogP) is 3.40. The van der Waals surface area contributed by atoms with Crippen LogP contribution in [0.3, 0.4) is 0 Å². The molecule has 3 aromatic carbocycles. The van der Waals surface area contributed by atoms with E-state index in [1.54, 1.807) is 36.3 Å². The van der Waals surface area contributed by atoms with Crippen LogP contribution in [0, 0.1) is 0 Å². The number of carbonyl (C=O) groups excluding carboxylic acids is 1. The first kappa shape index (κ1) is 23.4. The second-order valence-corrected chi connectivity index (χ2v) is 10.8. The van der Waals surface area contributed by atoms with Crippen LogP contribution >= 0.6 is 0 Å². The van der Waals surface area contributed by atoms with E-state index in [0.717, 1.165) is 25.2 Å². The molecule has 0 spiro atoms. The zero-order valence-electron chi connectivity index (χ0n) is 19.8. The number of benzene rings is 3. The molecule has 0 saturated carbocycles. The lowest BCUT2D eigenvalue weighted by Gasteiger charge is -2.34. The molecule has 0 bridgehead atoms. The topological polar surface area (TPSA) is 70.2 Å². The van der Waals surface area contributed by atoms with Gasteiger partial charge in [0.25, 0.3) is 5.91 Å². The average Bonchev–Trinajstić information content (AvgIpc) is 2.92. The van der Waals surface area contributed by atoms with Gasteiger partial charge in [-0.1, -0.05) is 24.3 Å². The van der Waals surface area contributed by atoms with Crippen LogP contribution in [-0.2, 0) is 23.0 Å². The molecular weight excluding hydrogens is 462 g/mol. The van der Waals surface area contributed by atoms with Crippen molar-refractivity contribution < 1.29 is 17.9 Å². The van der Waals surface area contributed by atoms with Crippen LogP contribution in [0.25, 0.3) is 0 Å². The van der Waals surface area contributed by atoms with Crippen LogP contribution in [0.5, 0.6) is 5.75 Å². The van der Waals surface area contributed by atoms with Gasteiger partial charge in [0.2, 0.25) is 10.0 Å². The number of rotatable bonds is 5. The van der Waals surface area contributed by atoms with Crippen molar-refractivity contribution in [2.75, 3.05) is 44.7 Å². The number of hydrogen-bond acceptors (Lipinski definition) is 5. The Balaban J connectivity index is 1.20. The van der Waals surface area contributed by atoms with Crippen LogP contribution in [0.4, 0.5) is 5.69 Å². The Hall–Kier alpha value is -3.36. The molecular formula is C27H29N3O4S. The molecule has 3 aromatic rings. The fourth-order valence-corrected chi connectivity index (χ4v) is 6.16. The second-order valence-electron chi connectivity index (χ2n) is 8.86. The Morgan fingerprint density at radius 2 is 1.46 bits per heavy atom. The molecule has 1 amide bonds. The number of nitrogens with zero attached hydrogens (tertiary/aromatic N) is 3. The molecule has 2 aliphatic rings. The molecule has 182 valence electrons. The van der Waals surface area contributed by atoms with Crippen molar-refractivity contribution in [3.63, 3.8) is 0 Å². The molecule has 0 N–H and O–H groups in total. The first-order chi connectivity index (χ1) is 17.0. The van der Waals surface area contributed by atoms with E-state index in [9.17, 15) is 13.2 Å². The molecule has 0 radical (unpaired) electrons. The van der Waals surface area contributed by atoms with E-state index in [2.05, 4.69) is 29.2 Å². The largest absolute Gasteiger partial charge is 0.497 e. The summed E-state index contributed by atoms with van der Waals surface area (Å²) in [5.74, 6) is 0.539. The summed E-state index contributed by atoms with van der Waals surface area (Å²) in [6, 6.07) is 22.7. The van der Waals surface area contributed by atoms with Crippen LogP contribution in [0.1, 0.15) is 21.5 Å². The Labute approximate surface area is 206 Å². The normalized spacial score (nSPS) is 16.6. The van der Waals surface area contributed by atoms with E-state index in [4.69, 9.17) is 4.74 Å². The highest BCUT2D eigenvalue weighted by Crippen LogP contribution is 2.25. The number of hydrogen-bond donors (Lipinski definition) is 0. The Bertz CT molecular complexity index is 1300. The lowest BCUT2D eigenvalue weighted by Crippen LogP contribution is -2.50. The summed E-state index contributed by atoms with van der Waals surface area (Å²) in [7, 11) is -2.06. The van der Waals surface area contributed by atoms with Gasteiger partial charge >= 0.3 is 0 Å².